The van der Waals surface area contributed by atoms with Gasteiger partial charge in [0.25, 0.3) is 5.91 Å². The molecule has 3 amide bonds. The van der Waals surface area contributed by atoms with Gasteiger partial charge in [0, 0.05) is 25.8 Å². The Labute approximate surface area is 123 Å². The van der Waals surface area contributed by atoms with E-state index in [0.29, 0.717) is 12.1 Å². The van der Waals surface area contributed by atoms with E-state index in [4.69, 9.17) is 0 Å². The van der Waals surface area contributed by atoms with Crippen LogP contribution in [0.2, 0.25) is 0 Å². The van der Waals surface area contributed by atoms with Crippen molar-refractivity contribution < 1.29 is 19.1 Å². The van der Waals surface area contributed by atoms with Crippen LogP contribution in [0.4, 0.5) is 0 Å². The molecule has 0 aliphatic rings. The van der Waals surface area contributed by atoms with Gasteiger partial charge < -0.3 is 20.7 Å². The van der Waals surface area contributed by atoms with Gasteiger partial charge in [-0.1, -0.05) is 18.2 Å². The van der Waals surface area contributed by atoms with E-state index in [9.17, 15) is 14.4 Å². The summed E-state index contributed by atoms with van der Waals surface area (Å²) < 4.78 is 4.64. The summed E-state index contributed by atoms with van der Waals surface area (Å²) in [6, 6.07) is 8.63. The third-order valence-corrected chi connectivity index (χ3v) is 2.49. The van der Waals surface area contributed by atoms with Crippen molar-refractivity contribution in [2.24, 2.45) is 0 Å². The van der Waals surface area contributed by atoms with Crippen LogP contribution < -0.4 is 16.0 Å². The maximum Gasteiger partial charge on any atom is 0.251 e. The van der Waals surface area contributed by atoms with Crippen molar-refractivity contribution in [3.05, 3.63) is 35.9 Å². The topological polar surface area (TPSA) is 96.5 Å². The third-order valence-electron chi connectivity index (χ3n) is 2.49. The van der Waals surface area contributed by atoms with Gasteiger partial charge in [0.1, 0.15) is 6.61 Å². The summed E-state index contributed by atoms with van der Waals surface area (Å²) in [7, 11) is 1.43. The van der Waals surface area contributed by atoms with Crippen molar-refractivity contribution in [1.82, 2.24) is 16.0 Å². The van der Waals surface area contributed by atoms with Crippen molar-refractivity contribution >= 4 is 17.7 Å². The van der Waals surface area contributed by atoms with Gasteiger partial charge in [-0.15, -0.1) is 0 Å². The molecule has 0 fully saturated rings. The van der Waals surface area contributed by atoms with Gasteiger partial charge in [0.15, 0.2) is 0 Å². The van der Waals surface area contributed by atoms with Crippen molar-refractivity contribution in [2.45, 2.75) is 0 Å². The Morgan fingerprint density at radius 2 is 1.57 bits per heavy atom. The quantitative estimate of drug-likeness (QED) is 0.552. The number of hydrogen-bond donors (Lipinski definition) is 3. The van der Waals surface area contributed by atoms with E-state index in [-0.39, 0.29) is 37.4 Å². The number of carbonyl (C=O) groups is 3. The van der Waals surface area contributed by atoms with Crippen LogP contribution in [0.5, 0.6) is 0 Å². The molecule has 0 heterocycles. The highest BCUT2D eigenvalue weighted by molar-refractivity contribution is 5.96. The van der Waals surface area contributed by atoms with E-state index in [1.807, 2.05) is 0 Å². The molecule has 114 valence electrons. The summed E-state index contributed by atoms with van der Waals surface area (Å²) >= 11 is 0. The first-order chi connectivity index (χ1) is 10.1. The Balaban J connectivity index is 2.14. The minimum atomic E-state index is -0.319. The van der Waals surface area contributed by atoms with Gasteiger partial charge in [-0.05, 0) is 12.1 Å². The van der Waals surface area contributed by atoms with E-state index < -0.39 is 0 Å². The van der Waals surface area contributed by atoms with Gasteiger partial charge in [0.05, 0.1) is 6.54 Å². The number of carbonyl (C=O) groups excluding carboxylic acids is 3. The zero-order valence-electron chi connectivity index (χ0n) is 11.8. The highest BCUT2D eigenvalue weighted by Gasteiger charge is 2.07. The van der Waals surface area contributed by atoms with E-state index in [0.717, 1.165) is 0 Å². The maximum absolute atomic E-state index is 11.7. The van der Waals surface area contributed by atoms with Crippen molar-refractivity contribution in [3.63, 3.8) is 0 Å². The Hall–Kier alpha value is -2.41. The van der Waals surface area contributed by atoms with Crippen LogP contribution in [0.15, 0.2) is 30.3 Å². The monoisotopic (exact) mass is 293 g/mol. The number of hydrogen-bond acceptors (Lipinski definition) is 4. The summed E-state index contributed by atoms with van der Waals surface area (Å²) in [6.45, 7) is 0.469. The van der Waals surface area contributed by atoms with Crippen LogP contribution in [-0.4, -0.2) is 51.1 Å². The molecule has 0 aliphatic carbocycles. The molecule has 0 radical (unpaired) electrons. The second-order valence-electron chi connectivity index (χ2n) is 4.18. The highest BCUT2D eigenvalue weighted by atomic mass is 16.5. The van der Waals surface area contributed by atoms with Crippen LogP contribution >= 0.6 is 0 Å². The second kappa shape index (κ2) is 9.49. The maximum atomic E-state index is 11.7. The molecule has 0 bridgehead atoms. The van der Waals surface area contributed by atoms with Crippen LogP contribution in [0.1, 0.15) is 10.4 Å². The molecule has 7 heteroatoms. The Morgan fingerprint density at radius 3 is 2.19 bits per heavy atom. The summed E-state index contributed by atoms with van der Waals surface area (Å²) in [4.78, 5) is 34.2. The zero-order chi connectivity index (χ0) is 15.5. The number of benzene rings is 1. The molecule has 1 aromatic rings. The normalized spacial score (nSPS) is 9.76. The molecular weight excluding hydrogens is 274 g/mol. The van der Waals surface area contributed by atoms with E-state index >= 15 is 0 Å². The minimum Gasteiger partial charge on any atom is -0.375 e. The number of methoxy groups -OCH3 is 1. The number of rotatable bonds is 8. The molecule has 3 N–H and O–H groups in total. The fourth-order valence-electron chi connectivity index (χ4n) is 1.50. The molecule has 7 nitrogen and oxygen atoms in total. The van der Waals surface area contributed by atoms with Crippen molar-refractivity contribution in [1.29, 1.82) is 0 Å². The lowest BCUT2D eigenvalue weighted by atomic mass is 10.2. The van der Waals surface area contributed by atoms with Gasteiger partial charge in [-0.2, -0.15) is 0 Å². The van der Waals surface area contributed by atoms with Crippen LogP contribution in [-0.2, 0) is 14.3 Å². The van der Waals surface area contributed by atoms with E-state index in [1.165, 1.54) is 7.11 Å². The predicted molar refractivity (Wildman–Crippen MR) is 76.7 cm³/mol. The summed E-state index contributed by atoms with van der Waals surface area (Å²) in [5, 5.41) is 7.65. The van der Waals surface area contributed by atoms with E-state index in [1.54, 1.807) is 30.3 Å². The lowest BCUT2D eigenvalue weighted by Gasteiger charge is -2.08. The van der Waals surface area contributed by atoms with Gasteiger partial charge in [0.2, 0.25) is 11.8 Å². The van der Waals surface area contributed by atoms with Crippen LogP contribution in [0, 0.1) is 0 Å². The minimum absolute atomic E-state index is 0.0128. The molecule has 0 atom stereocenters. The molecular formula is C14H19N3O4. The van der Waals surface area contributed by atoms with Gasteiger partial charge in [-0.25, -0.2) is 0 Å². The SMILES string of the molecule is COCC(=O)NCCNC(=O)CNC(=O)c1ccccc1. The second-order valence-corrected chi connectivity index (χ2v) is 4.18. The lowest BCUT2D eigenvalue weighted by Crippen LogP contribution is -2.40. The molecule has 0 aromatic heterocycles. The number of ether oxygens (including phenoxy) is 1. The zero-order valence-corrected chi connectivity index (χ0v) is 11.8. The number of amides is 3. The summed E-state index contributed by atoms with van der Waals surface area (Å²) in [5.74, 6) is -0.872. The molecule has 21 heavy (non-hydrogen) atoms. The third kappa shape index (κ3) is 7.07. The first-order valence-electron chi connectivity index (χ1n) is 6.49. The Bertz CT molecular complexity index is 476. The Morgan fingerprint density at radius 1 is 0.952 bits per heavy atom. The van der Waals surface area contributed by atoms with Crippen LogP contribution in [0.3, 0.4) is 0 Å². The lowest BCUT2D eigenvalue weighted by molar-refractivity contribution is -0.125. The summed E-state index contributed by atoms with van der Waals surface area (Å²) in [5.41, 5.74) is 0.497. The molecule has 0 saturated carbocycles. The highest BCUT2D eigenvalue weighted by Crippen LogP contribution is 1.96. The largest absolute Gasteiger partial charge is 0.375 e. The van der Waals surface area contributed by atoms with E-state index in [2.05, 4.69) is 20.7 Å². The van der Waals surface area contributed by atoms with Crippen molar-refractivity contribution in [3.8, 4) is 0 Å². The molecule has 0 aliphatic heterocycles. The predicted octanol–water partition coefficient (Wildman–Crippen LogP) is -0.705. The molecule has 0 spiro atoms. The van der Waals surface area contributed by atoms with Crippen molar-refractivity contribution in [2.75, 3.05) is 33.4 Å². The fraction of sp³-hybridized carbons (Fsp3) is 0.357. The average molecular weight is 293 g/mol. The van der Waals surface area contributed by atoms with Gasteiger partial charge in [-0.3, -0.25) is 14.4 Å². The fourth-order valence-corrected chi connectivity index (χ4v) is 1.50. The smallest absolute Gasteiger partial charge is 0.251 e. The first-order valence-corrected chi connectivity index (χ1v) is 6.49. The summed E-state index contributed by atoms with van der Waals surface area (Å²) in [6.07, 6.45) is 0. The average Bonchev–Trinajstić information content (AvgIpc) is 2.50. The Kier molecular flexibility index (Phi) is 7.52. The first kappa shape index (κ1) is 16.6. The van der Waals surface area contributed by atoms with Gasteiger partial charge >= 0.3 is 0 Å². The molecule has 1 aromatic carbocycles. The molecule has 0 saturated heterocycles. The van der Waals surface area contributed by atoms with Crippen LogP contribution in [0.25, 0.3) is 0 Å². The standard InChI is InChI=1S/C14H19N3O4/c1-21-10-13(19)16-8-7-15-12(18)9-17-14(20)11-5-3-2-4-6-11/h2-6H,7-10H2,1H3,(H,15,18)(H,16,19)(H,17,20). The molecule has 0 unspecified atom stereocenters. The number of nitrogens with one attached hydrogen (secondary N) is 3. The molecule has 1 rings (SSSR count).